The summed E-state index contributed by atoms with van der Waals surface area (Å²) < 4.78 is 5.16. The summed E-state index contributed by atoms with van der Waals surface area (Å²) in [5.74, 6) is 0.829. The lowest BCUT2D eigenvalue weighted by Crippen LogP contribution is -2.49. The van der Waals surface area contributed by atoms with Gasteiger partial charge in [-0.25, -0.2) is 0 Å². The Morgan fingerprint density at radius 2 is 2.18 bits per heavy atom. The molecule has 122 valence electrons. The van der Waals surface area contributed by atoms with Crippen LogP contribution in [0.4, 0.5) is 0 Å². The first kappa shape index (κ1) is 16.8. The van der Waals surface area contributed by atoms with Gasteiger partial charge in [-0.3, -0.25) is 4.79 Å². The number of methoxy groups -OCH3 is 1. The molecule has 1 heterocycles. The van der Waals surface area contributed by atoms with Crippen LogP contribution in [-0.4, -0.2) is 37.8 Å². The third kappa shape index (κ3) is 3.99. The molecule has 3 N–H and O–H groups in total. The van der Waals surface area contributed by atoms with Crippen LogP contribution in [0.3, 0.4) is 0 Å². The number of nitrogens with one attached hydrogen (secondary N) is 2. The van der Waals surface area contributed by atoms with E-state index in [1.807, 2.05) is 31.2 Å². The monoisotopic (exact) mass is 306 g/mol. The maximum absolute atomic E-state index is 12.6. The van der Waals surface area contributed by atoms with Gasteiger partial charge in [0.1, 0.15) is 5.75 Å². The number of aliphatic hydroxyl groups excluding tert-OH is 1. The average molecular weight is 306 g/mol. The van der Waals surface area contributed by atoms with Gasteiger partial charge in [0.05, 0.1) is 18.6 Å². The van der Waals surface area contributed by atoms with E-state index in [1.54, 1.807) is 7.11 Å². The summed E-state index contributed by atoms with van der Waals surface area (Å²) in [5, 5.41) is 15.7. The van der Waals surface area contributed by atoms with Crippen LogP contribution in [0.5, 0.6) is 5.75 Å². The summed E-state index contributed by atoms with van der Waals surface area (Å²) in [4.78, 5) is 12.6. The molecule has 0 bridgehead atoms. The van der Waals surface area contributed by atoms with E-state index in [0.29, 0.717) is 13.0 Å². The first-order valence-electron chi connectivity index (χ1n) is 7.85. The van der Waals surface area contributed by atoms with Gasteiger partial charge in [-0.05, 0) is 50.4 Å². The molecule has 0 saturated carbocycles. The van der Waals surface area contributed by atoms with Crippen molar-refractivity contribution in [3.05, 3.63) is 29.8 Å². The van der Waals surface area contributed by atoms with Gasteiger partial charge in [-0.2, -0.15) is 0 Å². The van der Waals surface area contributed by atoms with E-state index in [4.69, 9.17) is 4.74 Å². The second-order valence-corrected chi connectivity index (χ2v) is 6.15. The average Bonchev–Trinajstić information content (AvgIpc) is 2.55. The summed E-state index contributed by atoms with van der Waals surface area (Å²) in [6.45, 7) is 3.71. The lowest BCUT2D eigenvalue weighted by molar-refractivity contribution is -0.132. The van der Waals surface area contributed by atoms with Crippen molar-refractivity contribution in [1.82, 2.24) is 10.6 Å². The standard InChI is InChI=1S/C17H26N2O3/c1-17(9-3-10-18-12-17)16(21)19-15(8-11-20)13-4-6-14(22-2)7-5-13/h4-7,15,18,20H,3,8-12H2,1-2H3,(H,19,21). The normalized spacial score (nSPS) is 22.9. The number of benzene rings is 1. The molecule has 2 atom stereocenters. The van der Waals surface area contributed by atoms with Crippen molar-refractivity contribution in [1.29, 1.82) is 0 Å². The van der Waals surface area contributed by atoms with Crippen molar-refractivity contribution in [3.8, 4) is 5.75 Å². The second-order valence-electron chi connectivity index (χ2n) is 6.15. The molecule has 2 rings (SSSR count). The minimum absolute atomic E-state index is 0.0337. The van der Waals surface area contributed by atoms with Crippen LogP contribution >= 0.6 is 0 Å². The number of ether oxygens (including phenoxy) is 1. The van der Waals surface area contributed by atoms with Crippen molar-refractivity contribution >= 4 is 5.91 Å². The largest absolute Gasteiger partial charge is 0.497 e. The molecular formula is C17H26N2O3. The molecule has 0 radical (unpaired) electrons. The van der Waals surface area contributed by atoms with Crippen molar-refractivity contribution in [2.75, 3.05) is 26.8 Å². The Kier molecular flexibility index (Phi) is 5.80. The van der Waals surface area contributed by atoms with Gasteiger partial charge in [0, 0.05) is 13.2 Å². The van der Waals surface area contributed by atoms with E-state index in [2.05, 4.69) is 10.6 Å². The van der Waals surface area contributed by atoms with E-state index in [9.17, 15) is 9.90 Å². The van der Waals surface area contributed by atoms with Gasteiger partial charge in [0.25, 0.3) is 0 Å². The van der Waals surface area contributed by atoms with Gasteiger partial charge in [0.15, 0.2) is 0 Å². The van der Waals surface area contributed by atoms with Crippen LogP contribution < -0.4 is 15.4 Å². The number of aliphatic hydroxyl groups is 1. The van der Waals surface area contributed by atoms with E-state index in [-0.39, 0.29) is 24.0 Å². The third-order valence-electron chi connectivity index (χ3n) is 4.39. The first-order chi connectivity index (χ1) is 10.6. The fourth-order valence-corrected chi connectivity index (χ4v) is 2.87. The Morgan fingerprint density at radius 3 is 2.73 bits per heavy atom. The summed E-state index contributed by atoms with van der Waals surface area (Å²) in [6.07, 6.45) is 2.40. The van der Waals surface area contributed by atoms with Crippen LogP contribution in [0.25, 0.3) is 0 Å². The number of piperidine rings is 1. The van der Waals surface area contributed by atoms with E-state index in [1.165, 1.54) is 0 Å². The Morgan fingerprint density at radius 1 is 1.45 bits per heavy atom. The highest BCUT2D eigenvalue weighted by Crippen LogP contribution is 2.28. The molecule has 1 aliphatic heterocycles. The summed E-state index contributed by atoms with van der Waals surface area (Å²) >= 11 is 0. The van der Waals surface area contributed by atoms with Crippen molar-refractivity contribution < 1.29 is 14.6 Å². The Labute approximate surface area is 132 Å². The highest BCUT2D eigenvalue weighted by molar-refractivity contribution is 5.83. The highest BCUT2D eigenvalue weighted by Gasteiger charge is 2.35. The van der Waals surface area contributed by atoms with Gasteiger partial charge < -0.3 is 20.5 Å². The van der Waals surface area contributed by atoms with Crippen LogP contribution in [-0.2, 0) is 4.79 Å². The zero-order valence-corrected chi connectivity index (χ0v) is 13.4. The lowest BCUT2D eigenvalue weighted by atomic mass is 9.81. The lowest BCUT2D eigenvalue weighted by Gasteiger charge is -2.34. The van der Waals surface area contributed by atoms with Gasteiger partial charge in [0.2, 0.25) is 5.91 Å². The molecular weight excluding hydrogens is 280 g/mol. The Balaban J connectivity index is 2.08. The molecule has 2 unspecified atom stereocenters. The van der Waals surface area contributed by atoms with Crippen molar-refractivity contribution in [2.45, 2.75) is 32.2 Å². The smallest absolute Gasteiger partial charge is 0.227 e. The van der Waals surface area contributed by atoms with E-state index >= 15 is 0 Å². The maximum Gasteiger partial charge on any atom is 0.227 e. The molecule has 1 aromatic rings. The molecule has 0 aromatic heterocycles. The number of amides is 1. The number of rotatable bonds is 6. The fourth-order valence-electron chi connectivity index (χ4n) is 2.87. The molecule has 5 nitrogen and oxygen atoms in total. The Hall–Kier alpha value is -1.59. The van der Waals surface area contributed by atoms with Crippen LogP contribution in [0.15, 0.2) is 24.3 Å². The minimum atomic E-state index is -0.377. The van der Waals surface area contributed by atoms with Gasteiger partial charge in [-0.15, -0.1) is 0 Å². The van der Waals surface area contributed by atoms with E-state index < -0.39 is 0 Å². The highest BCUT2D eigenvalue weighted by atomic mass is 16.5. The fraction of sp³-hybridized carbons (Fsp3) is 0.588. The predicted octanol–water partition coefficient (Wildman–Crippen LogP) is 1.62. The third-order valence-corrected chi connectivity index (χ3v) is 4.39. The van der Waals surface area contributed by atoms with Gasteiger partial charge in [-0.1, -0.05) is 12.1 Å². The number of hydrogen-bond acceptors (Lipinski definition) is 4. The van der Waals surface area contributed by atoms with Crippen LogP contribution in [0, 0.1) is 5.41 Å². The molecule has 5 heteroatoms. The first-order valence-corrected chi connectivity index (χ1v) is 7.85. The minimum Gasteiger partial charge on any atom is -0.497 e. The molecule has 1 amide bonds. The van der Waals surface area contributed by atoms with Crippen LogP contribution in [0.2, 0.25) is 0 Å². The maximum atomic E-state index is 12.6. The number of hydrogen-bond donors (Lipinski definition) is 3. The molecule has 22 heavy (non-hydrogen) atoms. The number of carbonyl (C=O) groups is 1. The summed E-state index contributed by atoms with van der Waals surface area (Å²) in [5.41, 5.74) is 0.605. The summed E-state index contributed by atoms with van der Waals surface area (Å²) in [6, 6.07) is 7.43. The molecule has 1 aliphatic rings. The zero-order valence-electron chi connectivity index (χ0n) is 13.4. The zero-order chi connectivity index (χ0) is 16.0. The predicted molar refractivity (Wildman–Crippen MR) is 85.8 cm³/mol. The molecule has 1 fully saturated rings. The summed E-state index contributed by atoms with van der Waals surface area (Å²) in [7, 11) is 1.62. The molecule has 1 aromatic carbocycles. The number of carbonyl (C=O) groups excluding carboxylic acids is 1. The molecule has 1 saturated heterocycles. The van der Waals surface area contributed by atoms with Gasteiger partial charge >= 0.3 is 0 Å². The molecule has 0 spiro atoms. The second kappa shape index (κ2) is 7.61. The topological polar surface area (TPSA) is 70.6 Å². The van der Waals surface area contributed by atoms with Crippen molar-refractivity contribution in [3.63, 3.8) is 0 Å². The molecule has 0 aliphatic carbocycles. The van der Waals surface area contributed by atoms with E-state index in [0.717, 1.165) is 30.7 Å². The Bertz CT molecular complexity index is 481. The quantitative estimate of drug-likeness (QED) is 0.747. The van der Waals surface area contributed by atoms with Crippen LogP contribution in [0.1, 0.15) is 37.8 Å². The van der Waals surface area contributed by atoms with Crippen molar-refractivity contribution in [2.24, 2.45) is 5.41 Å². The SMILES string of the molecule is COc1ccc(C(CCO)NC(=O)C2(C)CCCNC2)cc1.